The Labute approximate surface area is 256 Å². The summed E-state index contributed by atoms with van der Waals surface area (Å²) in [5.74, 6) is 0. The summed E-state index contributed by atoms with van der Waals surface area (Å²) >= 11 is 0. The van der Waals surface area contributed by atoms with Crippen LogP contribution >= 0.6 is 0 Å². The van der Waals surface area contributed by atoms with Crippen molar-refractivity contribution in [1.82, 2.24) is 0 Å². The summed E-state index contributed by atoms with van der Waals surface area (Å²) in [5.41, 5.74) is 8.93. The van der Waals surface area contributed by atoms with Crippen LogP contribution in [0.2, 0.25) is 0 Å². The normalized spacial score (nSPS) is 12.6. The summed E-state index contributed by atoms with van der Waals surface area (Å²) in [5, 5.41) is 9.50. The molecule has 0 unspecified atom stereocenters. The van der Waals surface area contributed by atoms with E-state index in [0.717, 1.165) is 38.3 Å². The predicted molar refractivity (Wildman–Crippen MR) is 189 cm³/mol. The molecule has 8 aromatic rings. The Balaban J connectivity index is 1.41. The average molecular weight is 563 g/mol. The van der Waals surface area contributed by atoms with E-state index in [2.05, 4.69) is 147 Å². The van der Waals surface area contributed by atoms with Crippen LogP contribution < -0.4 is 10.4 Å². The zero-order chi connectivity index (χ0) is 29.6. The number of rotatable bonds is 4. The molecule has 0 N–H and O–H groups in total. The van der Waals surface area contributed by atoms with E-state index in [0.29, 0.717) is 0 Å². The maximum absolute atomic E-state index is 6.54. The highest BCUT2D eigenvalue weighted by atomic mass is 16.3. The molecule has 0 aliphatic carbocycles. The zero-order valence-corrected chi connectivity index (χ0v) is 24.5. The van der Waals surface area contributed by atoms with E-state index in [1.165, 1.54) is 49.0 Å². The van der Waals surface area contributed by atoms with Crippen LogP contribution in [0.1, 0.15) is 6.92 Å². The summed E-state index contributed by atoms with van der Waals surface area (Å²) < 4.78 is 6.54. The first-order valence-corrected chi connectivity index (χ1v) is 15.1. The van der Waals surface area contributed by atoms with Crippen LogP contribution in [0.3, 0.4) is 0 Å². The van der Waals surface area contributed by atoms with E-state index in [9.17, 15) is 0 Å². The smallest absolute Gasteiger partial charge is 0.143 e. The van der Waals surface area contributed by atoms with Crippen LogP contribution in [0.25, 0.3) is 89.0 Å². The number of hydrogen-bond donors (Lipinski definition) is 0. The lowest BCUT2D eigenvalue weighted by atomic mass is 9.87. The van der Waals surface area contributed by atoms with Gasteiger partial charge < -0.3 is 4.42 Å². The van der Waals surface area contributed by atoms with Crippen LogP contribution in [0, 0.1) is 0 Å². The van der Waals surface area contributed by atoms with Crippen LogP contribution in [-0.2, 0) is 0 Å². The quantitative estimate of drug-likeness (QED) is 0.208. The third kappa shape index (κ3) is 4.01. The van der Waals surface area contributed by atoms with Gasteiger partial charge >= 0.3 is 0 Å². The van der Waals surface area contributed by atoms with E-state index in [1.54, 1.807) is 0 Å². The maximum atomic E-state index is 6.54. The molecule has 1 heteroatoms. The highest BCUT2D eigenvalue weighted by Gasteiger charge is 2.18. The monoisotopic (exact) mass is 562 g/mol. The topological polar surface area (TPSA) is 13.1 Å². The van der Waals surface area contributed by atoms with E-state index in [4.69, 9.17) is 4.42 Å². The Kier molecular flexibility index (Phi) is 6.24. The molecule has 8 rings (SSSR count). The number of furan rings is 1. The van der Waals surface area contributed by atoms with Gasteiger partial charge in [0.25, 0.3) is 0 Å². The number of benzene rings is 7. The van der Waals surface area contributed by atoms with Gasteiger partial charge in [0.15, 0.2) is 0 Å². The molecule has 0 amide bonds. The van der Waals surface area contributed by atoms with Gasteiger partial charge in [0, 0.05) is 21.9 Å². The Hall–Kier alpha value is -5.66. The van der Waals surface area contributed by atoms with Crippen molar-refractivity contribution >= 4 is 55.6 Å². The van der Waals surface area contributed by atoms with Crippen LogP contribution in [0.4, 0.5) is 0 Å². The first-order chi connectivity index (χ1) is 21.8. The van der Waals surface area contributed by atoms with Crippen molar-refractivity contribution in [2.75, 3.05) is 0 Å². The molecule has 0 atom stereocenters. The van der Waals surface area contributed by atoms with E-state index in [1.807, 2.05) is 18.2 Å². The molecular weight excluding hydrogens is 532 g/mol. The van der Waals surface area contributed by atoms with Gasteiger partial charge in [-0.2, -0.15) is 0 Å². The number of hydrogen-bond acceptors (Lipinski definition) is 1. The number of allylic oxidation sites excluding steroid dienone is 1. The fourth-order valence-corrected chi connectivity index (χ4v) is 6.91. The SMILES string of the molecule is C=C/C=c1/c(-c2cccc3c2oc2ccccc23)c2ccccc2c(-c2ccc(-c3cccc4ccccc34)cc2)/c1=C/C. The van der Waals surface area contributed by atoms with Gasteiger partial charge in [-0.05, 0) is 67.2 Å². The van der Waals surface area contributed by atoms with E-state index < -0.39 is 0 Å². The van der Waals surface area contributed by atoms with Gasteiger partial charge in [-0.15, -0.1) is 0 Å². The van der Waals surface area contributed by atoms with Crippen molar-refractivity contribution in [3.63, 3.8) is 0 Å². The van der Waals surface area contributed by atoms with Crippen molar-refractivity contribution < 1.29 is 4.42 Å². The second-order valence-corrected chi connectivity index (χ2v) is 11.2. The van der Waals surface area contributed by atoms with E-state index in [-0.39, 0.29) is 0 Å². The van der Waals surface area contributed by atoms with Crippen molar-refractivity contribution in [1.29, 1.82) is 0 Å². The highest BCUT2D eigenvalue weighted by molar-refractivity contribution is 6.14. The summed E-state index contributed by atoms with van der Waals surface area (Å²) in [6, 6.07) is 47.7. The number of fused-ring (bicyclic) bond motifs is 5. The van der Waals surface area contributed by atoms with Crippen LogP contribution in [-0.4, -0.2) is 0 Å². The third-order valence-corrected chi connectivity index (χ3v) is 8.82. The Morgan fingerprint density at radius 1 is 0.500 bits per heavy atom. The standard InChI is InChI=1S/C43H30O/c1-3-13-35-31(4-2)41(30-26-24-29(25-27-30)33-20-11-15-28-14-5-6-16-32(28)33)36-18-7-8-19-37(36)42(35)39-22-12-21-38-34-17-9-10-23-40(34)44-43(38)39/h3-27H,1H2,2H3/b31-4+,35-13+. The van der Waals surface area contributed by atoms with E-state index >= 15 is 0 Å². The lowest BCUT2D eigenvalue weighted by Crippen LogP contribution is -2.29. The largest absolute Gasteiger partial charge is 0.455 e. The summed E-state index contributed by atoms with van der Waals surface area (Å²) in [6.07, 6.45) is 6.28. The molecule has 0 saturated carbocycles. The van der Waals surface area contributed by atoms with Crippen molar-refractivity contribution in [3.05, 3.63) is 157 Å². The molecule has 0 bridgehead atoms. The fraction of sp³-hybridized carbons (Fsp3) is 0.0233. The molecule has 0 spiro atoms. The second-order valence-electron chi connectivity index (χ2n) is 11.2. The zero-order valence-electron chi connectivity index (χ0n) is 24.5. The van der Waals surface area contributed by atoms with Crippen molar-refractivity contribution in [2.45, 2.75) is 6.92 Å². The minimum absolute atomic E-state index is 0.902. The average Bonchev–Trinajstić information content (AvgIpc) is 3.47. The molecule has 7 aromatic carbocycles. The van der Waals surface area contributed by atoms with Gasteiger partial charge in [-0.1, -0.05) is 152 Å². The Bertz CT molecular complexity index is 2500. The molecule has 1 aromatic heterocycles. The molecule has 0 radical (unpaired) electrons. The Morgan fingerprint density at radius 3 is 1.86 bits per heavy atom. The Morgan fingerprint density at radius 2 is 1.09 bits per heavy atom. The van der Waals surface area contributed by atoms with Gasteiger partial charge in [0.05, 0.1) is 0 Å². The van der Waals surface area contributed by atoms with Gasteiger partial charge in [0.1, 0.15) is 11.2 Å². The molecule has 0 saturated heterocycles. The van der Waals surface area contributed by atoms with Gasteiger partial charge in [-0.3, -0.25) is 0 Å². The minimum Gasteiger partial charge on any atom is -0.455 e. The third-order valence-electron chi connectivity index (χ3n) is 8.82. The molecule has 0 fully saturated rings. The van der Waals surface area contributed by atoms with Crippen LogP contribution in [0.15, 0.2) is 151 Å². The second kappa shape index (κ2) is 10.6. The highest BCUT2D eigenvalue weighted by Crippen LogP contribution is 2.39. The summed E-state index contributed by atoms with van der Waals surface area (Å²) in [6.45, 7) is 6.25. The van der Waals surface area contributed by atoms with Crippen LogP contribution in [0.5, 0.6) is 0 Å². The molecule has 0 aliphatic rings. The lowest BCUT2D eigenvalue weighted by Gasteiger charge is -2.16. The summed E-state index contributed by atoms with van der Waals surface area (Å²) in [4.78, 5) is 0. The maximum Gasteiger partial charge on any atom is 0.143 e. The first-order valence-electron chi connectivity index (χ1n) is 15.1. The van der Waals surface area contributed by atoms with Gasteiger partial charge in [0.2, 0.25) is 0 Å². The molecule has 208 valence electrons. The molecular formula is C43H30O. The molecule has 0 aliphatic heterocycles. The molecule has 1 nitrogen and oxygen atoms in total. The predicted octanol–water partition coefficient (Wildman–Crippen LogP) is 10.7. The minimum atomic E-state index is 0.902. The number of para-hydroxylation sites is 2. The van der Waals surface area contributed by atoms with Crippen molar-refractivity contribution in [2.24, 2.45) is 0 Å². The fourth-order valence-electron chi connectivity index (χ4n) is 6.91. The lowest BCUT2D eigenvalue weighted by molar-refractivity contribution is 0.670. The molecule has 1 heterocycles. The first kappa shape index (κ1) is 26.0. The molecule has 44 heavy (non-hydrogen) atoms. The van der Waals surface area contributed by atoms with Crippen molar-refractivity contribution in [3.8, 4) is 33.4 Å². The van der Waals surface area contributed by atoms with Gasteiger partial charge in [-0.25, -0.2) is 0 Å². The summed E-state index contributed by atoms with van der Waals surface area (Å²) in [7, 11) is 0.